The molecule has 3 heteroatoms. The molecule has 0 aromatic heterocycles. The maximum Gasteiger partial charge on any atom is 0.0672 e. The molecular formula is C15H23N3. The van der Waals surface area contributed by atoms with Gasteiger partial charge >= 0.3 is 0 Å². The summed E-state index contributed by atoms with van der Waals surface area (Å²) in [6.45, 7) is 15.6. The average Bonchev–Trinajstić information content (AvgIpc) is 2.43. The molecule has 0 aromatic carbocycles. The Morgan fingerprint density at radius 1 is 1.28 bits per heavy atom. The summed E-state index contributed by atoms with van der Waals surface area (Å²) in [6, 6.07) is 0. The van der Waals surface area contributed by atoms with Crippen LogP contribution in [0.25, 0.3) is 0 Å². The zero-order valence-corrected chi connectivity index (χ0v) is 11.4. The molecule has 0 spiro atoms. The van der Waals surface area contributed by atoms with Crippen molar-refractivity contribution in [2.24, 2.45) is 4.99 Å². The van der Waals surface area contributed by atoms with E-state index in [1.54, 1.807) is 0 Å². The molecule has 1 rings (SSSR count). The molecule has 0 amide bonds. The normalized spacial score (nSPS) is 18.8. The third-order valence-electron chi connectivity index (χ3n) is 2.98. The van der Waals surface area contributed by atoms with Gasteiger partial charge in [-0.25, -0.2) is 0 Å². The number of hydrogen-bond acceptors (Lipinski definition) is 3. The van der Waals surface area contributed by atoms with Gasteiger partial charge in [0, 0.05) is 37.4 Å². The summed E-state index contributed by atoms with van der Waals surface area (Å²) in [5, 5.41) is 3.36. The minimum atomic E-state index is 0.886. The zero-order chi connectivity index (χ0) is 13.4. The summed E-state index contributed by atoms with van der Waals surface area (Å²) in [6.07, 6.45) is 8.01. The Labute approximate surface area is 110 Å². The SMILES string of the molecule is C=CC(/C(=C/C)N=C)=C(/C=C\C)N1CCNCC1. The fourth-order valence-electron chi connectivity index (χ4n) is 2.10. The molecule has 1 heterocycles. The van der Waals surface area contributed by atoms with E-state index in [0.29, 0.717) is 0 Å². The maximum absolute atomic E-state index is 4.08. The molecular weight excluding hydrogens is 222 g/mol. The van der Waals surface area contributed by atoms with E-state index >= 15 is 0 Å². The first kappa shape index (κ1) is 14.5. The van der Waals surface area contributed by atoms with Crippen LogP contribution in [0.3, 0.4) is 0 Å². The Balaban J connectivity index is 3.19. The lowest BCUT2D eigenvalue weighted by Crippen LogP contribution is -2.42. The minimum Gasteiger partial charge on any atom is -0.368 e. The summed E-state index contributed by atoms with van der Waals surface area (Å²) in [5.74, 6) is 0. The highest BCUT2D eigenvalue weighted by molar-refractivity contribution is 5.48. The van der Waals surface area contributed by atoms with Gasteiger partial charge in [0.25, 0.3) is 0 Å². The van der Waals surface area contributed by atoms with E-state index in [0.717, 1.165) is 37.4 Å². The van der Waals surface area contributed by atoms with Gasteiger partial charge in [-0.3, -0.25) is 4.99 Å². The first-order valence-corrected chi connectivity index (χ1v) is 6.37. The van der Waals surface area contributed by atoms with E-state index in [-0.39, 0.29) is 0 Å². The van der Waals surface area contributed by atoms with Gasteiger partial charge in [0.15, 0.2) is 0 Å². The van der Waals surface area contributed by atoms with Crippen molar-refractivity contribution in [3.8, 4) is 0 Å². The van der Waals surface area contributed by atoms with Crippen molar-refractivity contribution in [1.29, 1.82) is 0 Å². The molecule has 1 fully saturated rings. The monoisotopic (exact) mass is 245 g/mol. The van der Waals surface area contributed by atoms with Gasteiger partial charge in [-0.2, -0.15) is 0 Å². The van der Waals surface area contributed by atoms with Gasteiger partial charge in [-0.05, 0) is 26.6 Å². The molecule has 0 unspecified atom stereocenters. The molecule has 0 aliphatic carbocycles. The highest BCUT2D eigenvalue weighted by atomic mass is 15.2. The first-order valence-electron chi connectivity index (χ1n) is 6.37. The van der Waals surface area contributed by atoms with Crippen LogP contribution in [0.5, 0.6) is 0 Å². The van der Waals surface area contributed by atoms with Crippen LogP contribution in [0.2, 0.25) is 0 Å². The highest BCUT2D eigenvalue weighted by Gasteiger charge is 2.15. The van der Waals surface area contributed by atoms with Crippen LogP contribution in [0, 0.1) is 0 Å². The van der Waals surface area contributed by atoms with Crippen LogP contribution < -0.4 is 5.32 Å². The van der Waals surface area contributed by atoms with Gasteiger partial charge in [-0.15, -0.1) is 0 Å². The number of aliphatic imine (C=N–C) groups is 1. The second-order valence-corrected chi connectivity index (χ2v) is 4.07. The summed E-state index contributed by atoms with van der Waals surface area (Å²) in [4.78, 5) is 6.44. The Morgan fingerprint density at radius 3 is 2.39 bits per heavy atom. The highest BCUT2D eigenvalue weighted by Crippen LogP contribution is 2.21. The van der Waals surface area contributed by atoms with Gasteiger partial charge in [0.1, 0.15) is 0 Å². The standard InChI is InChI=1S/C15H23N3/c1-5-8-15(18-11-9-17-10-12-18)13(6-2)14(7-3)16-4/h5-8,17H,2,4,9-12H2,1,3H3/b8-5-,14-7-,15-13+. The molecule has 0 saturated carbocycles. The van der Waals surface area contributed by atoms with Crippen molar-refractivity contribution in [3.63, 3.8) is 0 Å². The summed E-state index contributed by atoms with van der Waals surface area (Å²) in [5.41, 5.74) is 3.11. The quantitative estimate of drug-likeness (QED) is 0.595. The molecule has 3 nitrogen and oxygen atoms in total. The lowest BCUT2D eigenvalue weighted by atomic mass is 10.1. The van der Waals surface area contributed by atoms with Gasteiger partial charge in [0.05, 0.1) is 5.70 Å². The van der Waals surface area contributed by atoms with Crippen LogP contribution in [0.15, 0.2) is 52.8 Å². The number of piperazine rings is 1. The number of hydrogen-bond donors (Lipinski definition) is 1. The average molecular weight is 245 g/mol. The third-order valence-corrected chi connectivity index (χ3v) is 2.98. The largest absolute Gasteiger partial charge is 0.368 e. The Morgan fingerprint density at radius 2 is 1.94 bits per heavy atom. The Kier molecular flexibility index (Phi) is 6.15. The van der Waals surface area contributed by atoms with Gasteiger partial charge in [0.2, 0.25) is 0 Å². The van der Waals surface area contributed by atoms with Crippen LogP contribution in [-0.2, 0) is 0 Å². The summed E-state index contributed by atoms with van der Waals surface area (Å²) >= 11 is 0. The smallest absolute Gasteiger partial charge is 0.0672 e. The lowest BCUT2D eigenvalue weighted by molar-refractivity contribution is 0.306. The topological polar surface area (TPSA) is 27.6 Å². The predicted molar refractivity (Wildman–Crippen MR) is 79.8 cm³/mol. The number of nitrogens with one attached hydrogen (secondary N) is 1. The van der Waals surface area contributed by atoms with Crippen molar-refractivity contribution in [2.75, 3.05) is 26.2 Å². The van der Waals surface area contributed by atoms with E-state index in [1.807, 2.05) is 26.0 Å². The minimum absolute atomic E-state index is 0.886. The van der Waals surface area contributed by atoms with Crippen LogP contribution >= 0.6 is 0 Å². The molecule has 0 radical (unpaired) electrons. The molecule has 98 valence electrons. The zero-order valence-electron chi connectivity index (χ0n) is 11.4. The van der Waals surface area contributed by atoms with E-state index < -0.39 is 0 Å². The molecule has 18 heavy (non-hydrogen) atoms. The predicted octanol–water partition coefficient (Wildman–Crippen LogP) is 2.51. The van der Waals surface area contributed by atoms with E-state index in [2.05, 4.69) is 40.7 Å². The van der Waals surface area contributed by atoms with Gasteiger partial charge < -0.3 is 10.2 Å². The van der Waals surface area contributed by atoms with E-state index in [9.17, 15) is 0 Å². The fraction of sp³-hybridized carbons (Fsp3) is 0.400. The van der Waals surface area contributed by atoms with Crippen LogP contribution in [-0.4, -0.2) is 37.8 Å². The van der Waals surface area contributed by atoms with Crippen LogP contribution in [0.1, 0.15) is 13.8 Å². The molecule has 0 atom stereocenters. The lowest BCUT2D eigenvalue weighted by Gasteiger charge is -2.31. The van der Waals surface area contributed by atoms with Crippen molar-refractivity contribution in [3.05, 3.63) is 47.9 Å². The van der Waals surface area contributed by atoms with Crippen molar-refractivity contribution < 1.29 is 0 Å². The Hall–Kier alpha value is -1.61. The number of rotatable bonds is 5. The molecule has 1 aliphatic heterocycles. The van der Waals surface area contributed by atoms with E-state index in [1.165, 1.54) is 5.70 Å². The molecule has 0 aromatic rings. The van der Waals surface area contributed by atoms with Crippen LogP contribution in [0.4, 0.5) is 0 Å². The van der Waals surface area contributed by atoms with Crippen molar-refractivity contribution in [1.82, 2.24) is 10.2 Å². The number of nitrogens with zero attached hydrogens (tertiary/aromatic N) is 2. The van der Waals surface area contributed by atoms with Crippen molar-refractivity contribution in [2.45, 2.75) is 13.8 Å². The molecule has 1 saturated heterocycles. The van der Waals surface area contributed by atoms with Gasteiger partial charge in [-0.1, -0.05) is 24.8 Å². The van der Waals surface area contributed by atoms with Crippen molar-refractivity contribution >= 4 is 6.72 Å². The third kappa shape index (κ3) is 3.44. The molecule has 1 N–H and O–H groups in total. The second-order valence-electron chi connectivity index (χ2n) is 4.07. The molecule has 1 aliphatic rings. The van der Waals surface area contributed by atoms with E-state index in [4.69, 9.17) is 0 Å². The molecule has 0 bridgehead atoms. The summed E-state index contributed by atoms with van der Waals surface area (Å²) < 4.78 is 0. The first-order chi connectivity index (χ1) is 8.78. The number of allylic oxidation sites excluding steroid dienone is 4. The second kappa shape index (κ2) is 7.67. The maximum atomic E-state index is 4.08. The fourth-order valence-corrected chi connectivity index (χ4v) is 2.10. The Bertz CT molecular complexity index is 383. The summed E-state index contributed by atoms with van der Waals surface area (Å²) in [7, 11) is 0.